The molecule has 1 unspecified atom stereocenters. The van der Waals surface area contributed by atoms with E-state index >= 15 is 0 Å². The number of benzene rings is 7. The zero-order valence-corrected chi connectivity index (χ0v) is 38.6. The molecule has 1 aliphatic carbocycles. The molecule has 1 heterocycles. The van der Waals surface area contributed by atoms with Crippen molar-refractivity contribution >= 4 is 72.8 Å². The van der Waals surface area contributed by atoms with Crippen molar-refractivity contribution < 1.29 is 26.1 Å². The number of aryl methyl sites for hydroxylation is 4. The predicted octanol–water partition coefficient (Wildman–Crippen LogP) is 12.1. The van der Waals surface area contributed by atoms with Crippen LogP contribution in [0.5, 0.6) is 0 Å². The topological polar surface area (TPSA) is 111 Å². The van der Waals surface area contributed by atoms with Crippen molar-refractivity contribution in [1.29, 1.82) is 0 Å². The molecule has 0 radical (unpaired) electrons. The van der Waals surface area contributed by atoms with Crippen LogP contribution in [0, 0.1) is 27.7 Å². The maximum absolute atomic E-state index is 13.0. The Hall–Kier alpha value is -5.47. The summed E-state index contributed by atoms with van der Waals surface area (Å²) in [6.07, 6.45) is 0. The fourth-order valence-corrected chi connectivity index (χ4v) is 11.3. The van der Waals surface area contributed by atoms with E-state index in [9.17, 15) is 21.7 Å². The maximum Gasteiger partial charge on any atom is 0.295 e. The van der Waals surface area contributed by atoms with E-state index in [2.05, 4.69) is 71.9 Å². The number of thioether (sulfide) groups is 2. The quantitative estimate of drug-likeness (QED) is 0.0362. The highest BCUT2D eigenvalue weighted by atomic mass is 32.2. The van der Waals surface area contributed by atoms with Crippen LogP contribution in [-0.4, -0.2) is 46.3 Å². The SMILES string of the molecule is Cc1cccc(C)c1N(CCSc1ccccc1)c1ccc2c(-c3ccccc3S(=O)(=O)O)c3ccc(=[N+](CCSc4ccccc4)c4c(C)cc(S(=O)O)cc4C)cc-3oc2c1. The first-order valence-electron chi connectivity index (χ1n) is 20.5. The van der Waals surface area contributed by atoms with Crippen molar-refractivity contribution in [3.8, 4) is 22.5 Å². The smallest absolute Gasteiger partial charge is 0.295 e. The highest BCUT2D eigenvalue weighted by molar-refractivity contribution is 7.99. The number of anilines is 2. The fourth-order valence-electron chi connectivity index (χ4n) is 8.35. The number of nitrogens with zero attached hydrogens (tertiary/aromatic N) is 2. The Morgan fingerprint density at radius 3 is 1.92 bits per heavy atom. The molecular formula is C51H47N2O6S4+. The van der Waals surface area contributed by atoms with Crippen molar-refractivity contribution in [1.82, 2.24) is 4.58 Å². The molecule has 0 bridgehead atoms. The lowest BCUT2D eigenvalue weighted by Crippen LogP contribution is -2.29. The highest BCUT2D eigenvalue weighted by Crippen LogP contribution is 2.44. The Labute approximate surface area is 379 Å². The van der Waals surface area contributed by atoms with Crippen LogP contribution in [0.2, 0.25) is 0 Å². The summed E-state index contributed by atoms with van der Waals surface area (Å²) >= 11 is 1.38. The van der Waals surface area contributed by atoms with Gasteiger partial charge in [0, 0.05) is 78.8 Å². The Balaban J connectivity index is 1.36. The standard InChI is InChI=1S/C51H46N2O6S4/c1-34-14-13-15-35(2)50(34)52(26-28-60-40-16-7-5-8-17-40)38-22-24-43-46(32-38)59-47-33-39(23-25-44(47)49(43)45-20-11-12-21-48(45)63(56,57)58)53(27-29-61-41-18-9-6-10-19-41)51-36(3)30-42(62(54)55)31-37(51)4/h5-25,30-33H,26-29H2,1-4H3,(H-,54,55,56,57,58)/p+1. The van der Waals surface area contributed by atoms with Gasteiger partial charge in [0.2, 0.25) is 11.0 Å². The first-order valence-corrected chi connectivity index (χ1v) is 25.0. The van der Waals surface area contributed by atoms with E-state index in [-0.39, 0.29) is 4.90 Å². The molecule has 12 heteroatoms. The van der Waals surface area contributed by atoms with Crippen LogP contribution in [0.3, 0.4) is 0 Å². The van der Waals surface area contributed by atoms with Crippen molar-refractivity contribution in [2.45, 2.75) is 47.3 Å². The van der Waals surface area contributed by atoms with E-state index in [1.54, 1.807) is 53.9 Å². The summed E-state index contributed by atoms with van der Waals surface area (Å²) in [5.41, 5.74) is 9.07. The van der Waals surface area contributed by atoms with E-state index in [1.165, 1.54) is 11.0 Å². The van der Waals surface area contributed by atoms with E-state index in [4.69, 9.17) is 4.42 Å². The molecule has 0 saturated carbocycles. The van der Waals surface area contributed by atoms with Crippen LogP contribution in [0.1, 0.15) is 22.3 Å². The molecule has 2 N–H and O–H groups in total. The van der Waals surface area contributed by atoms with Gasteiger partial charge in [-0.15, -0.1) is 23.5 Å². The zero-order chi connectivity index (χ0) is 44.3. The van der Waals surface area contributed by atoms with Gasteiger partial charge in [0.25, 0.3) is 10.1 Å². The monoisotopic (exact) mass is 911 g/mol. The lowest BCUT2D eigenvalue weighted by Gasteiger charge is -2.29. The minimum Gasteiger partial charge on any atom is -0.456 e. The van der Waals surface area contributed by atoms with E-state index < -0.39 is 21.2 Å². The Bertz CT molecular complexity index is 3090. The first-order chi connectivity index (χ1) is 30.4. The van der Waals surface area contributed by atoms with Gasteiger partial charge in [0.1, 0.15) is 16.2 Å². The lowest BCUT2D eigenvalue weighted by molar-refractivity contribution is 0.483. The minimum atomic E-state index is -4.62. The summed E-state index contributed by atoms with van der Waals surface area (Å²) in [5, 5.41) is 1.51. The minimum absolute atomic E-state index is 0.200. The molecule has 0 amide bonds. The average Bonchev–Trinajstić information content (AvgIpc) is 3.27. The normalized spacial score (nSPS) is 12.7. The van der Waals surface area contributed by atoms with Crippen molar-refractivity contribution in [3.05, 3.63) is 179 Å². The second-order valence-corrected chi connectivity index (χ2v) is 20.0. The number of rotatable bonds is 14. The van der Waals surface area contributed by atoms with E-state index in [0.29, 0.717) is 51.4 Å². The first kappa shape index (κ1) is 44.1. The second-order valence-electron chi connectivity index (χ2n) is 15.3. The van der Waals surface area contributed by atoms with Gasteiger partial charge in [-0.3, -0.25) is 4.55 Å². The number of fused-ring (bicyclic) bond motifs is 2. The molecule has 320 valence electrons. The van der Waals surface area contributed by atoms with Crippen LogP contribution < -0.4 is 14.8 Å². The molecule has 63 heavy (non-hydrogen) atoms. The second kappa shape index (κ2) is 19.1. The Morgan fingerprint density at radius 2 is 1.29 bits per heavy atom. The average molecular weight is 912 g/mol. The molecule has 6 aromatic carbocycles. The molecule has 2 aliphatic rings. The van der Waals surface area contributed by atoms with Gasteiger partial charge in [-0.05, 0) is 99.5 Å². The highest BCUT2D eigenvalue weighted by Gasteiger charge is 2.27. The van der Waals surface area contributed by atoms with Crippen LogP contribution in [0.25, 0.3) is 33.4 Å². The van der Waals surface area contributed by atoms with E-state index in [1.807, 2.05) is 80.6 Å². The van der Waals surface area contributed by atoms with Crippen molar-refractivity contribution in [3.63, 3.8) is 0 Å². The largest absolute Gasteiger partial charge is 0.456 e. The Morgan fingerprint density at radius 1 is 0.667 bits per heavy atom. The molecule has 1 aliphatic heterocycles. The molecule has 1 atom stereocenters. The summed E-state index contributed by atoms with van der Waals surface area (Å²) < 4.78 is 67.9. The third-order valence-electron chi connectivity index (χ3n) is 11.0. The zero-order valence-electron chi connectivity index (χ0n) is 35.3. The van der Waals surface area contributed by atoms with E-state index in [0.717, 1.165) is 61.1 Å². The fraction of sp³-hybridized carbons (Fsp3) is 0.157. The summed E-state index contributed by atoms with van der Waals surface area (Å²) in [6, 6.07) is 48.8. The molecule has 8 nitrogen and oxygen atoms in total. The Kier molecular flexibility index (Phi) is 13.4. The van der Waals surface area contributed by atoms with Gasteiger partial charge in [-0.25, -0.2) is 4.21 Å². The van der Waals surface area contributed by atoms with Crippen LogP contribution in [0.15, 0.2) is 176 Å². The third-order valence-corrected chi connectivity index (χ3v) is 14.6. The van der Waals surface area contributed by atoms with Crippen molar-refractivity contribution in [2.24, 2.45) is 0 Å². The van der Waals surface area contributed by atoms with Crippen LogP contribution in [-0.2, 0) is 21.2 Å². The van der Waals surface area contributed by atoms with Gasteiger partial charge < -0.3 is 13.9 Å². The molecular weight excluding hydrogens is 865 g/mol. The molecule has 8 rings (SSSR count). The molecule has 0 fully saturated rings. The van der Waals surface area contributed by atoms with Crippen LogP contribution in [0.4, 0.5) is 17.1 Å². The summed E-state index contributed by atoms with van der Waals surface area (Å²) in [6.45, 7) is 9.42. The van der Waals surface area contributed by atoms with Gasteiger partial charge in [-0.2, -0.15) is 13.0 Å². The van der Waals surface area contributed by atoms with Crippen molar-refractivity contribution in [2.75, 3.05) is 29.5 Å². The predicted molar refractivity (Wildman–Crippen MR) is 260 cm³/mol. The number of para-hydroxylation sites is 1. The summed E-state index contributed by atoms with van der Waals surface area (Å²) in [7, 11) is -4.62. The molecule has 0 spiro atoms. The number of hydrogen-bond donors (Lipinski definition) is 2. The van der Waals surface area contributed by atoms with Gasteiger partial charge >= 0.3 is 0 Å². The van der Waals surface area contributed by atoms with Gasteiger partial charge in [0.05, 0.1) is 16.7 Å². The summed E-state index contributed by atoms with van der Waals surface area (Å²) in [4.78, 5) is 4.79. The van der Waals surface area contributed by atoms with Crippen LogP contribution >= 0.6 is 23.5 Å². The molecule has 0 aromatic heterocycles. The number of hydrogen-bond acceptors (Lipinski definition) is 7. The molecule has 6 aromatic rings. The maximum atomic E-state index is 13.0. The van der Waals surface area contributed by atoms with Gasteiger partial charge in [0.15, 0.2) is 17.6 Å². The van der Waals surface area contributed by atoms with Gasteiger partial charge in [-0.1, -0.05) is 72.8 Å². The third kappa shape index (κ3) is 9.72. The summed E-state index contributed by atoms with van der Waals surface area (Å²) in [5.74, 6) is 2.06. The molecule has 0 saturated heterocycles. The lowest BCUT2D eigenvalue weighted by atomic mass is 9.93.